The number of esters is 1. The minimum atomic E-state index is -0.536. The van der Waals surface area contributed by atoms with Crippen molar-refractivity contribution in [3.8, 4) is 11.5 Å². The number of H-pyrrole nitrogens is 1. The predicted octanol–water partition coefficient (Wildman–Crippen LogP) is 4.69. The van der Waals surface area contributed by atoms with E-state index in [4.69, 9.17) is 21.1 Å². The number of carbonyl (C=O) groups is 2. The van der Waals surface area contributed by atoms with Gasteiger partial charge in [-0.1, -0.05) is 35.5 Å². The molecule has 10 heteroatoms. The number of aromatic amines is 1. The van der Waals surface area contributed by atoms with Crippen molar-refractivity contribution in [1.82, 2.24) is 15.4 Å². The number of hydrogen-bond acceptors (Lipinski definition) is 7. The number of nitrogens with zero attached hydrogens (tertiary/aromatic N) is 2. The first-order chi connectivity index (χ1) is 16.5. The standard InChI is InChI=1S/C24H19ClN4O4S/c1-32-21-12-15(6-11-20(21)33-23(31)16-7-9-17(25)10-8-16)13-26-29-22(30)14-34-24-27-18-4-2-3-5-19(18)28-24/h2-13H,14H2,1H3,(H,27,28)(H,29,30)/b26-13+. The second-order valence-electron chi connectivity index (χ2n) is 6.95. The highest BCUT2D eigenvalue weighted by Crippen LogP contribution is 2.28. The van der Waals surface area contributed by atoms with Crippen molar-refractivity contribution in [3.63, 3.8) is 0 Å². The van der Waals surface area contributed by atoms with Crippen LogP contribution in [0, 0.1) is 0 Å². The number of methoxy groups -OCH3 is 1. The van der Waals surface area contributed by atoms with E-state index >= 15 is 0 Å². The van der Waals surface area contributed by atoms with Gasteiger partial charge in [0.15, 0.2) is 16.7 Å². The molecule has 4 aromatic rings. The first-order valence-electron chi connectivity index (χ1n) is 10.1. The molecule has 1 amide bonds. The van der Waals surface area contributed by atoms with E-state index in [9.17, 15) is 9.59 Å². The summed E-state index contributed by atoms with van der Waals surface area (Å²) in [6, 6.07) is 18.9. The highest BCUT2D eigenvalue weighted by molar-refractivity contribution is 7.99. The van der Waals surface area contributed by atoms with E-state index in [1.807, 2.05) is 24.3 Å². The summed E-state index contributed by atoms with van der Waals surface area (Å²) in [5.41, 5.74) is 5.25. The Balaban J connectivity index is 1.32. The highest BCUT2D eigenvalue weighted by Gasteiger charge is 2.13. The average Bonchev–Trinajstić information content (AvgIpc) is 3.27. The molecule has 2 N–H and O–H groups in total. The monoisotopic (exact) mass is 494 g/mol. The number of fused-ring (bicyclic) bond motifs is 1. The molecule has 0 bridgehead atoms. The van der Waals surface area contributed by atoms with Crippen LogP contribution >= 0.6 is 23.4 Å². The molecular weight excluding hydrogens is 476 g/mol. The van der Waals surface area contributed by atoms with Gasteiger partial charge in [-0.3, -0.25) is 4.79 Å². The van der Waals surface area contributed by atoms with E-state index in [0.717, 1.165) is 11.0 Å². The van der Waals surface area contributed by atoms with Gasteiger partial charge in [0.1, 0.15) is 0 Å². The lowest BCUT2D eigenvalue weighted by atomic mass is 10.2. The predicted molar refractivity (Wildman–Crippen MR) is 132 cm³/mol. The quantitative estimate of drug-likeness (QED) is 0.121. The van der Waals surface area contributed by atoms with Crippen LogP contribution in [-0.4, -0.2) is 40.9 Å². The summed E-state index contributed by atoms with van der Waals surface area (Å²) in [6.45, 7) is 0. The number of carbonyl (C=O) groups excluding carboxylic acids is 2. The fraction of sp³-hybridized carbons (Fsp3) is 0.0833. The van der Waals surface area contributed by atoms with Crippen molar-refractivity contribution >= 4 is 52.5 Å². The van der Waals surface area contributed by atoms with Crippen LogP contribution in [0.4, 0.5) is 0 Å². The smallest absolute Gasteiger partial charge is 0.343 e. The number of imidazole rings is 1. The van der Waals surface area contributed by atoms with E-state index in [0.29, 0.717) is 27.1 Å². The fourth-order valence-corrected chi connectivity index (χ4v) is 3.74. The molecule has 0 radical (unpaired) electrons. The molecule has 1 heterocycles. The van der Waals surface area contributed by atoms with Crippen molar-refractivity contribution in [2.45, 2.75) is 5.16 Å². The lowest BCUT2D eigenvalue weighted by molar-refractivity contribution is -0.118. The molecule has 0 aliphatic heterocycles. The van der Waals surface area contributed by atoms with Crippen LogP contribution in [-0.2, 0) is 4.79 Å². The maximum atomic E-state index is 12.3. The number of hydrazone groups is 1. The molecule has 0 fully saturated rings. The molecule has 0 aliphatic carbocycles. The minimum Gasteiger partial charge on any atom is -0.493 e. The van der Waals surface area contributed by atoms with Gasteiger partial charge < -0.3 is 14.5 Å². The number of nitrogens with one attached hydrogen (secondary N) is 2. The number of aromatic nitrogens is 2. The van der Waals surface area contributed by atoms with Crippen molar-refractivity contribution in [1.29, 1.82) is 0 Å². The molecular formula is C24H19ClN4O4S. The minimum absolute atomic E-state index is 0.153. The topological polar surface area (TPSA) is 106 Å². The lowest BCUT2D eigenvalue weighted by Crippen LogP contribution is -2.19. The number of benzene rings is 3. The van der Waals surface area contributed by atoms with Crippen molar-refractivity contribution in [2.24, 2.45) is 5.10 Å². The molecule has 0 saturated heterocycles. The summed E-state index contributed by atoms with van der Waals surface area (Å²) in [5.74, 6) is -0.0586. The van der Waals surface area contributed by atoms with Gasteiger partial charge in [0, 0.05) is 5.02 Å². The van der Waals surface area contributed by atoms with Crippen LogP contribution in [0.5, 0.6) is 11.5 Å². The first-order valence-corrected chi connectivity index (χ1v) is 11.4. The summed E-state index contributed by atoms with van der Waals surface area (Å²) in [4.78, 5) is 32.0. The van der Waals surface area contributed by atoms with Crippen LogP contribution in [0.15, 0.2) is 77.0 Å². The lowest BCUT2D eigenvalue weighted by Gasteiger charge is -2.10. The number of amides is 1. The zero-order chi connectivity index (χ0) is 23.9. The average molecular weight is 495 g/mol. The Bertz CT molecular complexity index is 1320. The Kier molecular flexibility index (Phi) is 7.46. The Hall–Kier alpha value is -3.82. The number of thioether (sulfide) groups is 1. The molecule has 0 unspecified atom stereocenters. The molecule has 0 atom stereocenters. The van der Waals surface area contributed by atoms with E-state index in [1.165, 1.54) is 25.1 Å². The largest absolute Gasteiger partial charge is 0.493 e. The molecule has 1 aromatic heterocycles. The number of ether oxygens (including phenoxy) is 2. The summed E-state index contributed by atoms with van der Waals surface area (Å²) in [6.07, 6.45) is 1.47. The van der Waals surface area contributed by atoms with E-state index < -0.39 is 5.97 Å². The van der Waals surface area contributed by atoms with Crippen LogP contribution in [0.25, 0.3) is 11.0 Å². The summed E-state index contributed by atoms with van der Waals surface area (Å²) in [7, 11) is 1.47. The molecule has 34 heavy (non-hydrogen) atoms. The molecule has 172 valence electrons. The normalized spacial score (nSPS) is 11.0. The Morgan fingerprint density at radius 2 is 1.91 bits per heavy atom. The van der Waals surface area contributed by atoms with Gasteiger partial charge in [-0.25, -0.2) is 15.2 Å². The Morgan fingerprint density at radius 1 is 1.12 bits per heavy atom. The van der Waals surface area contributed by atoms with Crippen molar-refractivity contribution in [3.05, 3.63) is 82.9 Å². The van der Waals surface area contributed by atoms with Crippen molar-refractivity contribution in [2.75, 3.05) is 12.9 Å². The Labute approximate surface area is 204 Å². The van der Waals surface area contributed by atoms with Gasteiger partial charge in [-0.2, -0.15) is 5.10 Å². The van der Waals surface area contributed by atoms with Gasteiger partial charge in [0.05, 0.1) is 35.7 Å². The molecule has 0 spiro atoms. The third-order valence-electron chi connectivity index (χ3n) is 4.58. The van der Waals surface area contributed by atoms with Gasteiger partial charge >= 0.3 is 5.97 Å². The van der Waals surface area contributed by atoms with Gasteiger partial charge in [0.2, 0.25) is 0 Å². The maximum absolute atomic E-state index is 12.3. The van der Waals surface area contributed by atoms with Gasteiger partial charge in [-0.05, 0) is 60.2 Å². The zero-order valence-electron chi connectivity index (χ0n) is 17.9. The molecule has 8 nitrogen and oxygen atoms in total. The Morgan fingerprint density at radius 3 is 2.68 bits per heavy atom. The SMILES string of the molecule is COc1cc(/C=N/NC(=O)CSc2nc3ccccc3[nH]2)ccc1OC(=O)c1ccc(Cl)cc1. The third kappa shape index (κ3) is 5.94. The number of halogens is 1. The van der Waals surface area contributed by atoms with Crippen LogP contribution in [0.2, 0.25) is 5.02 Å². The van der Waals surface area contributed by atoms with Gasteiger partial charge in [-0.15, -0.1) is 0 Å². The number of hydrogen-bond donors (Lipinski definition) is 2. The molecule has 3 aromatic carbocycles. The van der Waals surface area contributed by atoms with Crippen LogP contribution in [0.1, 0.15) is 15.9 Å². The molecule has 0 saturated carbocycles. The second kappa shape index (κ2) is 10.9. The van der Waals surface area contributed by atoms with E-state index in [2.05, 4.69) is 20.5 Å². The number of rotatable bonds is 8. The number of para-hydroxylation sites is 2. The van der Waals surface area contributed by atoms with Crippen LogP contribution < -0.4 is 14.9 Å². The van der Waals surface area contributed by atoms with E-state index in [1.54, 1.807) is 42.5 Å². The summed E-state index contributed by atoms with van der Waals surface area (Å²) in [5, 5.41) is 5.16. The first kappa shape index (κ1) is 23.3. The van der Waals surface area contributed by atoms with Gasteiger partial charge in [0.25, 0.3) is 5.91 Å². The molecule has 0 aliphatic rings. The second-order valence-corrected chi connectivity index (χ2v) is 8.35. The van der Waals surface area contributed by atoms with Crippen LogP contribution in [0.3, 0.4) is 0 Å². The fourth-order valence-electron chi connectivity index (χ4n) is 2.94. The molecule has 4 rings (SSSR count). The highest BCUT2D eigenvalue weighted by atomic mass is 35.5. The third-order valence-corrected chi connectivity index (χ3v) is 5.71. The summed E-state index contributed by atoms with van der Waals surface area (Å²) >= 11 is 7.13. The van der Waals surface area contributed by atoms with Crippen molar-refractivity contribution < 1.29 is 19.1 Å². The maximum Gasteiger partial charge on any atom is 0.343 e. The zero-order valence-corrected chi connectivity index (χ0v) is 19.5. The summed E-state index contributed by atoms with van der Waals surface area (Å²) < 4.78 is 10.7. The van der Waals surface area contributed by atoms with E-state index in [-0.39, 0.29) is 17.4 Å².